The molecule has 0 fully saturated rings. The smallest absolute Gasteiger partial charge is 0.384 e. The van der Waals surface area contributed by atoms with E-state index in [2.05, 4.69) is 23.5 Å². The Kier molecular flexibility index (Phi) is 15.1. The molecule has 0 aliphatic rings. The minimum Gasteiger partial charge on any atom is -0.384 e. The fourth-order valence-corrected chi connectivity index (χ4v) is 2.05. The first-order valence-corrected chi connectivity index (χ1v) is 8.75. The molecule has 1 rings (SSSR count). The summed E-state index contributed by atoms with van der Waals surface area (Å²) in [4.78, 5) is 20.9. The molecule has 3 atom stereocenters. The van der Waals surface area contributed by atoms with E-state index in [1.54, 1.807) is 6.92 Å². The second-order valence-corrected chi connectivity index (χ2v) is 6.20. The summed E-state index contributed by atoms with van der Waals surface area (Å²) in [6.45, 7) is 4.09. The molecule has 0 bridgehead atoms. The number of amides is 2. The first-order valence-electron chi connectivity index (χ1n) is 8.75. The first-order chi connectivity index (χ1) is 13.5. The third kappa shape index (κ3) is 13.2. The standard InChI is InChI=1S/C10H18F3NO2.C8H8FNO.C2H2/c1-7(8(2)5-14-6-15)3-4-9(16)10(11,12)13;1-10-8(11)6-2-4-7(9)5-3-6;1-2/h6-9,16H,3-5H2,1-2H3,(H,14,15);2-5H,1H3,(H,10,11);1-2H/t7-,8+,9?;;/m0../s1. The van der Waals surface area contributed by atoms with Crippen molar-refractivity contribution in [2.75, 3.05) is 13.6 Å². The van der Waals surface area contributed by atoms with Crippen LogP contribution in [0.25, 0.3) is 0 Å². The number of nitrogens with one attached hydrogen (secondary N) is 2. The predicted octanol–water partition coefficient (Wildman–Crippen LogP) is 3.14. The van der Waals surface area contributed by atoms with E-state index < -0.39 is 12.3 Å². The molecule has 164 valence electrons. The molecule has 0 aliphatic carbocycles. The fraction of sp³-hybridized carbons (Fsp3) is 0.500. The third-order valence-corrected chi connectivity index (χ3v) is 4.10. The van der Waals surface area contributed by atoms with Crippen molar-refractivity contribution in [3.63, 3.8) is 0 Å². The summed E-state index contributed by atoms with van der Waals surface area (Å²) in [7, 11) is 1.53. The second-order valence-electron chi connectivity index (χ2n) is 6.20. The highest BCUT2D eigenvalue weighted by atomic mass is 19.4. The number of hydrogen-bond donors (Lipinski definition) is 3. The van der Waals surface area contributed by atoms with Crippen LogP contribution in [0, 0.1) is 30.5 Å². The van der Waals surface area contributed by atoms with Crippen molar-refractivity contribution in [2.24, 2.45) is 11.8 Å². The lowest BCUT2D eigenvalue weighted by molar-refractivity contribution is -0.206. The number of aliphatic hydroxyl groups excluding tert-OH is 1. The Labute approximate surface area is 168 Å². The maximum Gasteiger partial charge on any atom is 0.414 e. The summed E-state index contributed by atoms with van der Waals surface area (Å²) in [6.07, 6.45) is 1.76. The lowest BCUT2D eigenvalue weighted by Gasteiger charge is -2.21. The zero-order chi connectivity index (χ0) is 23.0. The van der Waals surface area contributed by atoms with Crippen LogP contribution in [-0.4, -0.2) is 43.3 Å². The largest absolute Gasteiger partial charge is 0.414 e. The summed E-state index contributed by atoms with van der Waals surface area (Å²) < 4.78 is 48.3. The Hall–Kier alpha value is -2.60. The molecule has 0 radical (unpaired) electrons. The topological polar surface area (TPSA) is 78.4 Å². The average Bonchev–Trinajstić information content (AvgIpc) is 2.71. The molecule has 0 saturated carbocycles. The van der Waals surface area contributed by atoms with Crippen LogP contribution in [0.15, 0.2) is 24.3 Å². The summed E-state index contributed by atoms with van der Waals surface area (Å²) in [5, 5.41) is 13.7. The molecular weight excluding hydrogens is 392 g/mol. The number of aliphatic hydroxyl groups is 1. The molecule has 3 N–H and O–H groups in total. The molecule has 5 nitrogen and oxygen atoms in total. The molecule has 29 heavy (non-hydrogen) atoms. The van der Waals surface area contributed by atoms with Crippen molar-refractivity contribution in [1.29, 1.82) is 0 Å². The summed E-state index contributed by atoms with van der Waals surface area (Å²) in [5.41, 5.74) is 0.467. The van der Waals surface area contributed by atoms with Crippen LogP contribution in [0.4, 0.5) is 17.6 Å². The van der Waals surface area contributed by atoms with Crippen LogP contribution in [0.3, 0.4) is 0 Å². The van der Waals surface area contributed by atoms with E-state index in [4.69, 9.17) is 5.11 Å². The highest BCUT2D eigenvalue weighted by Crippen LogP contribution is 2.26. The van der Waals surface area contributed by atoms with Gasteiger partial charge in [-0.15, -0.1) is 12.8 Å². The minimum absolute atomic E-state index is 0.0180. The highest BCUT2D eigenvalue weighted by Gasteiger charge is 2.37. The van der Waals surface area contributed by atoms with Gasteiger partial charge >= 0.3 is 6.18 Å². The van der Waals surface area contributed by atoms with Gasteiger partial charge in [0.05, 0.1) is 0 Å². The van der Waals surface area contributed by atoms with Crippen LogP contribution >= 0.6 is 0 Å². The van der Waals surface area contributed by atoms with E-state index in [1.165, 1.54) is 31.3 Å². The van der Waals surface area contributed by atoms with Gasteiger partial charge in [0, 0.05) is 19.2 Å². The van der Waals surface area contributed by atoms with Crippen LogP contribution in [-0.2, 0) is 4.79 Å². The Morgan fingerprint density at radius 2 is 1.66 bits per heavy atom. The van der Waals surface area contributed by atoms with Gasteiger partial charge in [-0.05, 0) is 48.9 Å². The normalized spacial score (nSPS) is 13.3. The number of alkyl halides is 3. The summed E-state index contributed by atoms with van der Waals surface area (Å²) in [6, 6.07) is 5.39. The van der Waals surface area contributed by atoms with E-state index in [0.29, 0.717) is 18.5 Å². The number of carbonyl (C=O) groups is 2. The molecule has 1 aromatic rings. The maximum atomic E-state index is 12.3. The molecule has 0 heterocycles. The van der Waals surface area contributed by atoms with Gasteiger partial charge in [0.15, 0.2) is 0 Å². The number of hydrogen-bond acceptors (Lipinski definition) is 3. The van der Waals surface area contributed by atoms with E-state index >= 15 is 0 Å². The first kappa shape index (κ1) is 28.6. The van der Waals surface area contributed by atoms with Gasteiger partial charge in [-0.25, -0.2) is 4.39 Å². The molecule has 0 spiro atoms. The summed E-state index contributed by atoms with van der Waals surface area (Å²) >= 11 is 0. The number of terminal acetylenes is 1. The van der Waals surface area contributed by atoms with Gasteiger partial charge in [-0.3, -0.25) is 9.59 Å². The monoisotopic (exact) mass is 420 g/mol. The van der Waals surface area contributed by atoms with Crippen molar-refractivity contribution in [1.82, 2.24) is 10.6 Å². The van der Waals surface area contributed by atoms with Crippen molar-refractivity contribution >= 4 is 12.3 Å². The zero-order valence-electron chi connectivity index (χ0n) is 16.7. The predicted molar refractivity (Wildman–Crippen MR) is 103 cm³/mol. The molecule has 0 saturated heterocycles. The van der Waals surface area contributed by atoms with E-state index in [1.807, 2.05) is 6.92 Å². The number of carbonyl (C=O) groups excluding carboxylic acids is 2. The summed E-state index contributed by atoms with van der Waals surface area (Å²) in [5.74, 6) is -0.433. The Balaban J connectivity index is 0. The van der Waals surface area contributed by atoms with Crippen LogP contribution < -0.4 is 10.6 Å². The second kappa shape index (κ2) is 15.3. The average molecular weight is 420 g/mol. The van der Waals surface area contributed by atoms with Crippen molar-refractivity contribution in [3.05, 3.63) is 35.6 Å². The molecule has 0 aromatic heterocycles. The van der Waals surface area contributed by atoms with Crippen molar-refractivity contribution in [2.45, 2.75) is 39.0 Å². The van der Waals surface area contributed by atoms with E-state index in [0.717, 1.165) is 0 Å². The fourth-order valence-electron chi connectivity index (χ4n) is 2.05. The van der Waals surface area contributed by atoms with E-state index in [-0.39, 0.29) is 36.4 Å². The van der Waals surface area contributed by atoms with Crippen molar-refractivity contribution < 1.29 is 32.3 Å². The molecule has 1 aromatic carbocycles. The quantitative estimate of drug-likeness (QED) is 0.344. The van der Waals surface area contributed by atoms with Gasteiger partial charge in [-0.1, -0.05) is 13.8 Å². The Bertz CT molecular complexity index is 604. The Morgan fingerprint density at radius 1 is 1.14 bits per heavy atom. The van der Waals surface area contributed by atoms with Gasteiger partial charge in [0.2, 0.25) is 6.41 Å². The lowest BCUT2D eigenvalue weighted by atomic mass is 9.90. The number of benzene rings is 1. The van der Waals surface area contributed by atoms with Crippen LogP contribution in [0.1, 0.15) is 37.0 Å². The molecule has 9 heteroatoms. The SMILES string of the molecule is C#C.CNC(=O)c1ccc(F)cc1.C[C@H](CNC=O)[C@@H](C)CCC(O)C(F)(F)F. The van der Waals surface area contributed by atoms with Gasteiger partial charge < -0.3 is 15.7 Å². The molecule has 0 aliphatic heterocycles. The third-order valence-electron chi connectivity index (χ3n) is 4.10. The molecule has 2 amide bonds. The lowest BCUT2D eigenvalue weighted by Crippen LogP contribution is -2.30. The minimum atomic E-state index is -4.54. The van der Waals surface area contributed by atoms with Gasteiger partial charge in [0.25, 0.3) is 5.91 Å². The molecular formula is C20H28F4N2O3. The number of halogens is 4. The van der Waals surface area contributed by atoms with E-state index in [9.17, 15) is 27.2 Å². The zero-order valence-corrected chi connectivity index (χ0v) is 16.7. The van der Waals surface area contributed by atoms with Crippen LogP contribution in [0.2, 0.25) is 0 Å². The highest BCUT2D eigenvalue weighted by molar-refractivity contribution is 5.93. The number of rotatable bonds is 8. The van der Waals surface area contributed by atoms with Crippen molar-refractivity contribution in [3.8, 4) is 12.8 Å². The van der Waals surface area contributed by atoms with Gasteiger partial charge in [0.1, 0.15) is 11.9 Å². The van der Waals surface area contributed by atoms with Crippen LogP contribution in [0.5, 0.6) is 0 Å². The van der Waals surface area contributed by atoms with Gasteiger partial charge in [-0.2, -0.15) is 13.2 Å². The molecule has 1 unspecified atom stereocenters. The maximum absolute atomic E-state index is 12.3. The Morgan fingerprint density at radius 3 is 2.07 bits per heavy atom.